The van der Waals surface area contributed by atoms with E-state index in [9.17, 15) is 0 Å². The average Bonchev–Trinajstić information content (AvgIpc) is 2.41. The molecule has 1 unspecified atom stereocenters. The summed E-state index contributed by atoms with van der Waals surface area (Å²) in [6, 6.07) is 16.7. The molecule has 1 atom stereocenters. The molecule has 0 saturated carbocycles. The summed E-state index contributed by atoms with van der Waals surface area (Å²) in [5.74, 6) is 0. The highest BCUT2D eigenvalue weighted by Gasteiger charge is 2.07. The number of hydrogen-bond donors (Lipinski definition) is 1. The van der Waals surface area contributed by atoms with Crippen LogP contribution < -0.4 is 5.73 Å². The fourth-order valence-electron chi connectivity index (χ4n) is 2.16. The van der Waals surface area contributed by atoms with E-state index in [1.165, 1.54) is 11.1 Å². The highest BCUT2D eigenvalue weighted by Crippen LogP contribution is 2.17. The van der Waals surface area contributed by atoms with Gasteiger partial charge in [0.15, 0.2) is 0 Å². The van der Waals surface area contributed by atoms with E-state index in [1.807, 2.05) is 24.3 Å². The molecule has 2 heteroatoms. The van der Waals surface area contributed by atoms with Gasteiger partial charge >= 0.3 is 0 Å². The van der Waals surface area contributed by atoms with Gasteiger partial charge in [0.2, 0.25) is 0 Å². The molecule has 0 heterocycles. The third kappa shape index (κ3) is 4.38. The van der Waals surface area contributed by atoms with Gasteiger partial charge < -0.3 is 5.73 Å². The van der Waals surface area contributed by atoms with Crippen molar-refractivity contribution < 1.29 is 0 Å². The number of aryl methyl sites for hydroxylation is 2. The molecule has 0 radical (unpaired) electrons. The molecule has 2 aromatic rings. The number of rotatable bonds is 5. The summed E-state index contributed by atoms with van der Waals surface area (Å²) in [7, 11) is 0. The summed E-state index contributed by atoms with van der Waals surface area (Å²) in [4.78, 5) is 0. The van der Waals surface area contributed by atoms with E-state index in [0.717, 1.165) is 29.8 Å². The molecule has 0 aromatic heterocycles. The van der Waals surface area contributed by atoms with E-state index in [-0.39, 0.29) is 6.04 Å². The van der Waals surface area contributed by atoms with Crippen molar-refractivity contribution >= 4 is 11.6 Å². The number of hydrogen-bond acceptors (Lipinski definition) is 1. The van der Waals surface area contributed by atoms with Crippen molar-refractivity contribution in [2.24, 2.45) is 5.73 Å². The summed E-state index contributed by atoms with van der Waals surface area (Å²) in [5.41, 5.74) is 9.98. The van der Waals surface area contributed by atoms with Gasteiger partial charge in [0, 0.05) is 11.1 Å². The monoisotopic (exact) mass is 273 g/mol. The van der Waals surface area contributed by atoms with E-state index in [4.69, 9.17) is 17.3 Å². The van der Waals surface area contributed by atoms with Crippen LogP contribution in [-0.4, -0.2) is 6.04 Å². The molecule has 0 fully saturated rings. The smallest absolute Gasteiger partial charge is 0.0438 e. The van der Waals surface area contributed by atoms with E-state index in [2.05, 4.69) is 31.2 Å². The molecule has 0 saturated heterocycles. The summed E-state index contributed by atoms with van der Waals surface area (Å²) in [6.45, 7) is 2.10. The molecule has 0 aliphatic heterocycles. The second-order valence-corrected chi connectivity index (χ2v) is 5.49. The van der Waals surface area contributed by atoms with E-state index in [1.54, 1.807) is 0 Å². The first-order valence-electron chi connectivity index (χ1n) is 6.69. The maximum Gasteiger partial charge on any atom is 0.0438 e. The van der Waals surface area contributed by atoms with Crippen LogP contribution in [0.3, 0.4) is 0 Å². The second kappa shape index (κ2) is 6.74. The first-order chi connectivity index (χ1) is 9.15. The number of benzene rings is 2. The first kappa shape index (κ1) is 14.1. The standard InChI is InChI=1S/C17H20ClN/c1-13-6-8-14(9-7-13)10-11-16(19)12-15-4-2-3-5-17(15)18/h2-9,16H,10-12,19H2,1H3. The van der Waals surface area contributed by atoms with Gasteiger partial charge in [-0.25, -0.2) is 0 Å². The molecule has 2 N–H and O–H groups in total. The molecule has 0 aliphatic rings. The van der Waals surface area contributed by atoms with Crippen molar-refractivity contribution in [1.82, 2.24) is 0 Å². The zero-order valence-corrected chi connectivity index (χ0v) is 12.0. The van der Waals surface area contributed by atoms with Crippen LogP contribution >= 0.6 is 11.6 Å². The summed E-state index contributed by atoms with van der Waals surface area (Å²) in [5, 5.41) is 0.813. The van der Waals surface area contributed by atoms with Gasteiger partial charge in [-0.3, -0.25) is 0 Å². The van der Waals surface area contributed by atoms with Crippen LogP contribution in [0.5, 0.6) is 0 Å². The van der Waals surface area contributed by atoms with Gasteiger partial charge in [0.1, 0.15) is 0 Å². The summed E-state index contributed by atoms with van der Waals surface area (Å²) >= 11 is 6.15. The Balaban J connectivity index is 1.86. The van der Waals surface area contributed by atoms with E-state index >= 15 is 0 Å². The lowest BCUT2D eigenvalue weighted by molar-refractivity contribution is 0.610. The molecular formula is C17H20ClN. The quantitative estimate of drug-likeness (QED) is 0.870. The molecular weight excluding hydrogens is 254 g/mol. The predicted octanol–water partition coefficient (Wildman–Crippen LogP) is 4.15. The average molecular weight is 274 g/mol. The molecule has 0 aliphatic carbocycles. The molecule has 2 rings (SSSR count). The lowest BCUT2D eigenvalue weighted by Gasteiger charge is -2.12. The number of halogens is 1. The fourth-order valence-corrected chi connectivity index (χ4v) is 2.37. The zero-order chi connectivity index (χ0) is 13.7. The maximum atomic E-state index is 6.19. The van der Waals surface area contributed by atoms with Crippen molar-refractivity contribution in [3.8, 4) is 0 Å². The Hall–Kier alpha value is -1.31. The lowest BCUT2D eigenvalue weighted by atomic mass is 9.99. The van der Waals surface area contributed by atoms with Gasteiger partial charge in [0.05, 0.1) is 0 Å². The van der Waals surface area contributed by atoms with Crippen LogP contribution in [0.1, 0.15) is 23.1 Å². The predicted molar refractivity (Wildman–Crippen MR) is 82.6 cm³/mol. The Morgan fingerprint density at radius 1 is 1.05 bits per heavy atom. The summed E-state index contributed by atoms with van der Waals surface area (Å²) in [6.07, 6.45) is 2.84. The molecule has 0 spiro atoms. The topological polar surface area (TPSA) is 26.0 Å². The largest absolute Gasteiger partial charge is 0.327 e. The molecule has 2 aromatic carbocycles. The SMILES string of the molecule is Cc1ccc(CCC(N)Cc2ccccc2Cl)cc1. The van der Waals surface area contributed by atoms with Crippen LogP contribution in [0.15, 0.2) is 48.5 Å². The Labute approximate surface area is 120 Å². The second-order valence-electron chi connectivity index (χ2n) is 5.08. The molecule has 100 valence electrons. The van der Waals surface area contributed by atoms with Crippen molar-refractivity contribution in [3.63, 3.8) is 0 Å². The normalized spacial score (nSPS) is 12.4. The number of nitrogens with two attached hydrogens (primary N) is 1. The Kier molecular flexibility index (Phi) is 5.00. The first-order valence-corrected chi connectivity index (χ1v) is 7.07. The molecule has 0 bridgehead atoms. The Morgan fingerprint density at radius 2 is 1.74 bits per heavy atom. The molecule has 19 heavy (non-hydrogen) atoms. The van der Waals surface area contributed by atoms with Crippen LogP contribution in [0.2, 0.25) is 5.02 Å². The minimum Gasteiger partial charge on any atom is -0.327 e. The van der Waals surface area contributed by atoms with Gasteiger partial charge in [-0.2, -0.15) is 0 Å². The van der Waals surface area contributed by atoms with E-state index < -0.39 is 0 Å². The third-order valence-electron chi connectivity index (χ3n) is 3.36. The lowest BCUT2D eigenvalue weighted by Crippen LogP contribution is -2.23. The van der Waals surface area contributed by atoms with Crippen LogP contribution in [0, 0.1) is 6.92 Å². The molecule has 1 nitrogen and oxygen atoms in total. The van der Waals surface area contributed by atoms with Gasteiger partial charge in [0.25, 0.3) is 0 Å². The maximum absolute atomic E-state index is 6.19. The van der Waals surface area contributed by atoms with Crippen LogP contribution in [-0.2, 0) is 12.8 Å². The minimum absolute atomic E-state index is 0.154. The van der Waals surface area contributed by atoms with Crippen molar-refractivity contribution in [2.45, 2.75) is 32.2 Å². The zero-order valence-electron chi connectivity index (χ0n) is 11.3. The van der Waals surface area contributed by atoms with Gasteiger partial charge in [-0.1, -0.05) is 59.6 Å². The van der Waals surface area contributed by atoms with Gasteiger partial charge in [-0.05, 0) is 43.4 Å². The highest BCUT2D eigenvalue weighted by atomic mass is 35.5. The third-order valence-corrected chi connectivity index (χ3v) is 3.73. The minimum atomic E-state index is 0.154. The van der Waals surface area contributed by atoms with Crippen molar-refractivity contribution in [2.75, 3.05) is 0 Å². The highest BCUT2D eigenvalue weighted by molar-refractivity contribution is 6.31. The van der Waals surface area contributed by atoms with Crippen LogP contribution in [0.4, 0.5) is 0 Å². The van der Waals surface area contributed by atoms with Gasteiger partial charge in [-0.15, -0.1) is 0 Å². The Morgan fingerprint density at radius 3 is 2.42 bits per heavy atom. The van der Waals surface area contributed by atoms with Crippen molar-refractivity contribution in [3.05, 3.63) is 70.2 Å². The fraction of sp³-hybridized carbons (Fsp3) is 0.294. The van der Waals surface area contributed by atoms with E-state index in [0.29, 0.717) is 0 Å². The summed E-state index contributed by atoms with van der Waals surface area (Å²) < 4.78 is 0. The van der Waals surface area contributed by atoms with Crippen molar-refractivity contribution in [1.29, 1.82) is 0 Å². The Bertz CT molecular complexity index is 519. The molecule has 0 amide bonds. The van der Waals surface area contributed by atoms with Crippen LogP contribution in [0.25, 0.3) is 0 Å².